The highest BCUT2D eigenvalue weighted by atomic mass is 35.5. The van der Waals surface area contributed by atoms with Crippen LogP contribution in [-0.4, -0.2) is 18.9 Å². The first kappa shape index (κ1) is 19.2. The molecule has 1 fully saturated rings. The highest BCUT2D eigenvalue weighted by Crippen LogP contribution is 2.47. The molecule has 5 nitrogen and oxygen atoms in total. The van der Waals surface area contributed by atoms with Crippen LogP contribution in [0.25, 0.3) is 0 Å². The lowest BCUT2D eigenvalue weighted by atomic mass is 10.0. The largest absolute Gasteiger partial charge is 0.495 e. The minimum Gasteiger partial charge on any atom is -0.495 e. The minimum atomic E-state index is -1.01. The van der Waals surface area contributed by atoms with Gasteiger partial charge >= 0.3 is 0 Å². The Hall–Kier alpha value is -2.53. The summed E-state index contributed by atoms with van der Waals surface area (Å²) in [7, 11) is 1.51. The lowest BCUT2D eigenvalue weighted by Gasteiger charge is -2.18. The van der Waals surface area contributed by atoms with Crippen LogP contribution in [0, 0.1) is 19.3 Å². The first-order valence-electron chi connectivity index (χ1n) is 8.86. The first-order chi connectivity index (χ1) is 12.9. The van der Waals surface area contributed by atoms with Crippen LogP contribution in [0.5, 0.6) is 5.75 Å². The van der Waals surface area contributed by atoms with Gasteiger partial charge in [0.25, 0.3) is 0 Å². The summed E-state index contributed by atoms with van der Waals surface area (Å²) in [4.78, 5) is 25.5. The average Bonchev–Trinajstić information content (AvgIpc) is 3.45. The lowest BCUT2D eigenvalue weighted by Crippen LogP contribution is -2.39. The Balaban J connectivity index is 1.70. The van der Waals surface area contributed by atoms with E-state index in [2.05, 4.69) is 10.6 Å². The van der Waals surface area contributed by atoms with Gasteiger partial charge in [-0.2, -0.15) is 0 Å². The number of carbonyl (C=O) groups is 2. The van der Waals surface area contributed by atoms with Gasteiger partial charge in [-0.15, -0.1) is 0 Å². The molecule has 0 radical (unpaired) electrons. The predicted octanol–water partition coefficient (Wildman–Crippen LogP) is 4.00. The first-order valence-corrected chi connectivity index (χ1v) is 9.23. The summed E-state index contributed by atoms with van der Waals surface area (Å²) in [6, 6.07) is 11.3. The molecule has 0 atom stereocenters. The average molecular weight is 387 g/mol. The number of hydrogen-bond donors (Lipinski definition) is 2. The van der Waals surface area contributed by atoms with Gasteiger partial charge in [-0.05, 0) is 49.4 Å². The molecule has 0 unspecified atom stereocenters. The third-order valence-corrected chi connectivity index (χ3v) is 5.46. The third-order valence-electron chi connectivity index (χ3n) is 5.05. The monoisotopic (exact) mass is 386 g/mol. The number of ether oxygens (including phenoxy) is 1. The molecule has 0 heterocycles. The van der Waals surface area contributed by atoms with Gasteiger partial charge in [0.1, 0.15) is 11.2 Å². The normalized spacial score (nSPS) is 14.4. The van der Waals surface area contributed by atoms with Crippen molar-refractivity contribution in [2.24, 2.45) is 5.41 Å². The molecule has 0 bridgehead atoms. The molecule has 0 aromatic heterocycles. The van der Waals surface area contributed by atoms with Crippen LogP contribution < -0.4 is 15.4 Å². The Labute approximate surface area is 164 Å². The van der Waals surface area contributed by atoms with E-state index in [1.807, 2.05) is 38.1 Å². The Morgan fingerprint density at radius 2 is 1.81 bits per heavy atom. The maximum atomic E-state index is 12.8. The van der Waals surface area contributed by atoms with Gasteiger partial charge in [-0.1, -0.05) is 35.9 Å². The number of aryl methyl sites for hydroxylation is 2. The highest BCUT2D eigenvalue weighted by Gasteiger charge is 2.56. The molecule has 2 N–H and O–H groups in total. The van der Waals surface area contributed by atoms with Crippen molar-refractivity contribution in [1.29, 1.82) is 0 Å². The SMILES string of the molecule is COc1cc(Cl)c(C)cc1NC(=O)C1(C(=O)NCc2ccccc2C)CC1. The van der Waals surface area contributed by atoms with Gasteiger partial charge < -0.3 is 15.4 Å². The number of benzene rings is 2. The van der Waals surface area contributed by atoms with E-state index in [1.54, 1.807) is 12.1 Å². The van der Waals surface area contributed by atoms with Gasteiger partial charge in [0, 0.05) is 17.6 Å². The van der Waals surface area contributed by atoms with Gasteiger partial charge in [0.05, 0.1) is 12.8 Å². The molecule has 27 heavy (non-hydrogen) atoms. The Kier molecular flexibility index (Phi) is 5.42. The molecule has 0 aliphatic heterocycles. The Morgan fingerprint density at radius 1 is 1.11 bits per heavy atom. The number of nitrogens with one attached hydrogen (secondary N) is 2. The maximum Gasteiger partial charge on any atom is 0.240 e. The summed E-state index contributed by atoms with van der Waals surface area (Å²) in [6.07, 6.45) is 1.07. The molecule has 1 aliphatic rings. The van der Waals surface area contributed by atoms with E-state index in [0.717, 1.165) is 16.7 Å². The van der Waals surface area contributed by atoms with Crippen molar-refractivity contribution in [3.8, 4) is 5.75 Å². The van der Waals surface area contributed by atoms with Crippen molar-refractivity contribution in [2.75, 3.05) is 12.4 Å². The van der Waals surface area contributed by atoms with Gasteiger partial charge in [0.15, 0.2) is 0 Å². The van der Waals surface area contributed by atoms with E-state index >= 15 is 0 Å². The number of hydrogen-bond acceptors (Lipinski definition) is 3. The van der Waals surface area contributed by atoms with Crippen LogP contribution in [-0.2, 0) is 16.1 Å². The number of halogens is 1. The van der Waals surface area contributed by atoms with Crippen LogP contribution >= 0.6 is 11.6 Å². The van der Waals surface area contributed by atoms with Crippen LogP contribution in [0.4, 0.5) is 5.69 Å². The van der Waals surface area contributed by atoms with E-state index in [-0.39, 0.29) is 11.8 Å². The molecule has 6 heteroatoms. The van der Waals surface area contributed by atoms with Crippen molar-refractivity contribution in [2.45, 2.75) is 33.2 Å². The topological polar surface area (TPSA) is 67.4 Å². The summed E-state index contributed by atoms with van der Waals surface area (Å²) in [5, 5.41) is 6.30. The van der Waals surface area contributed by atoms with E-state index in [0.29, 0.717) is 35.8 Å². The highest BCUT2D eigenvalue weighted by molar-refractivity contribution is 6.31. The smallest absolute Gasteiger partial charge is 0.240 e. The Morgan fingerprint density at radius 3 is 2.44 bits per heavy atom. The lowest BCUT2D eigenvalue weighted by molar-refractivity contribution is -0.134. The molecular weight excluding hydrogens is 364 g/mol. The van der Waals surface area contributed by atoms with E-state index in [9.17, 15) is 9.59 Å². The van der Waals surface area contributed by atoms with Crippen LogP contribution in [0.1, 0.15) is 29.5 Å². The summed E-state index contributed by atoms with van der Waals surface area (Å²) in [5.74, 6) is -0.0900. The van der Waals surface area contributed by atoms with Crippen LogP contribution in [0.3, 0.4) is 0 Å². The summed E-state index contributed by atoms with van der Waals surface area (Å²) < 4.78 is 5.29. The number of amides is 2. The fourth-order valence-electron chi connectivity index (χ4n) is 3.01. The molecule has 3 rings (SSSR count). The van der Waals surface area contributed by atoms with Gasteiger partial charge in [-0.3, -0.25) is 9.59 Å². The number of rotatable bonds is 6. The summed E-state index contributed by atoms with van der Waals surface area (Å²) in [6.45, 7) is 4.25. The molecule has 0 saturated heterocycles. The third kappa shape index (κ3) is 3.93. The number of carbonyl (C=O) groups excluding carboxylic acids is 2. The molecule has 1 aliphatic carbocycles. The zero-order valence-electron chi connectivity index (χ0n) is 15.7. The van der Waals surface area contributed by atoms with Crippen molar-refractivity contribution < 1.29 is 14.3 Å². The van der Waals surface area contributed by atoms with Crippen molar-refractivity contribution in [3.05, 3.63) is 58.1 Å². The standard InChI is InChI=1S/C21H23ClN2O3/c1-13-6-4-5-7-15(13)12-23-19(25)21(8-9-21)20(26)24-17-10-14(2)16(22)11-18(17)27-3/h4-7,10-11H,8-9,12H2,1-3H3,(H,23,25)(H,24,26). The van der Waals surface area contributed by atoms with Gasteiger partial charge in [-0.25, -0.2) is 0 Å². The fourth-order valence-corrected chi connectivity index (χ4v) is 3.16. The fraction of sp³-hybridized carbons (Fsp3) is 0.333. The van der Waals surface area contributed by atoms with Crippen molar-refractivity contribution >= 4 is 29.1 Å². The minimum absolute atomic E-state index is 0.243. The summed E-state index contributed by atoms with van der Waals surface area (Å²) >= 11 is 6.11. The van der Waals surface area contributed by atoms with Crippen LogP contribution in [0.2, 0.25) is 5.02 Å². The summed E-state index contributed by atoms with van der Waals surface area (Å²) in [5.41, 5.74) is 2.47. The van der Waals surface area contributed by atoms with E-state index in [1.165, 1.54) is 7.11 Å². The van der Waals surface area contributed by atoms with Gasteiger partial charge in [0.2, 0.25) is 11.8 Å². The molecule has 2 aromatic carbocycles. The molecule has 2 aromatic rings. The molecule has 2 amide bonds. The predicted molar refractivity (Wildman–Crippen MR) is 106 cm³/mol. The zero-order valence-corrected chi connectivity index (χ0v) is 16.4. The van der Waals surface area contributed by atoms with Crippen molar-refractivity contribution in [3.63, 3.8) is 0 Å². The number of anilines is 1. The molecule has 142 valence electrons. The van der Waals surface area contributed by atoms with Crippen LogP contribution in [0.15, 0.2) is 36.4 Å². The Bertz CT molecular complexity index is 891. The zero-order chi connectivity index (χ0) is 19.6. The second-order valence-electron chi connectivity index (χ2n) is 6.95. The number of methoxy groups -OCH3 is 1. The maximum absolute atomic E-state index is 12.8. The second kappa shape index (κ2) is 7.61. The van der Waals surface area contributed by atoms with E-state index in [4.69, 9.17) is 16.3 Å². The quantitative estimate of drug-likeness (QED) is 0.737. The van der Waals surface area contributed by atoms with E-state index < -0.39 is 5.41 Å². The molecule has 0 spiro atoms. The second-order valence-corrected chi connectivity index (χ2v) is 7.35. The van der Waals surface area contributed by atoms with Crippen molar-refractivity contribution in [1.82, 2.24) is 5.32 Å². The molecule has 1 saturated carbocycles. The molecular formula is C21H23ClN2O3.